The number of benzene rings is 1. The molecule has 1 saturated heterocycles. The predicted molar refractivity (Wildman–Crippen MR) is 85.8 cm³/mol. The molecule has 23 heavy (non-hydrogen) atoms. The Morgan fingerprint density at radius 1 is 1.48 bits per heavy atom. The molecule has 0 radical (unpaired) electrons. The average Bonchev–Trinajstić information content (AvgIpc) is 2.96. The summed E-state index contributed by atoms with van der Waals surface area (Å²) in [5.74, 6) is -0.868. The number of likely N-dealkylation sites (tertiary alicyclic amines) is 1. The van der Waals surface area contributed by atoms with Gasteiger partial charge >= 0.3 is 0 Å². The third-order valence-corrected chi connectivity index (χ3v) is 5.57. The lowest BCUT2D eigenvalue weighted by Crippen LogP contribution is -2.54. The highest BCUT2D eigenvalue weighted by atomic mass is 35.5. The van der Waals surface area contributed by atoms with Crippen LogP contribution in [0.2, 0.25) is 5.02 Å². The summed E-state index contributed by atoms with van der Waals surface area (Å²) in [6, 6.07) is 4.11. The summed E-state index contributed by atoms with van der Waals surface area (Å²) in [7, 11) is 1.84. The number of carbonyl (C=O) groups is 2. The first-order valence-corrected chi connectivity index (χ1v) is 8.30. The zero-order chi connectivity index (χ0) is 16.6. The number of carbonyl (C=O) groups excluding carboxylic acids is 2. The maximum absolute atomic E-state index is 13.8. The minimum atomic E-state index is -0.580. The molecule has 0 aromatic heterocycles. The molecule has 124 valence electrons. The average molecular weight is 339 g/mol. The highest BCUT2D eigenvalue weighted by Crippen LogP contribution is 2.47. The van der Waals surface area contributed by atoms with E-state index in [4.69, 9.17) is 11.6 Å². The van der Waals surface area contributed by atoms with Gasteiger partial charge in [0.05, 0.1) is 5.56 Å². The van der Waals surface area contributed by atoms with Gasteiger partial charge in [0.1, 0.15) is 5.82 Å². The Labute approximate surface area is 140 Å². The first kappa shape index (κ1) is 16.2. The van der Waals surface area contributed by atoms with E-state index in [1.807, 2.05) is 11.9 Å². The van der Waals surface area contributed by atoms with E-state index in [-0.39, 0.29) is 22.9 Å². The van der Waals surface area contributed by atoms with E-state index >= 15 is 0 Å². The monoisotopic (exact) mass is 338 g/mol. The minimum absolute atomic E-state index is 0.0383. The largest absolute Gasteiger partial charge is 0.351 e. The first-order chi connectivity index (χ1) is 10.9. The van der Waals surface area contributed by atoms with Gasteiger partial charge < -0.3 is 10.2 Å². The van der Waals surface area contributed by atoms with Gasteiger partial charge in [0.25, 0.3) is 5.91 Å². The fraction of sp³-hybridized carbons (Fsp3) is 0.529. The molecule has 2 aliphatic rings. The highest BCUT2D eigenvalue weighted by Gasteiger charge is 2.49. The Balaban J connectivity index is 1.73. The van der Waals surface area contributed by atoms with Crippen molar-refractivity contribution in [3.05, 3.63) is 34.6 Å². The standard InChI is InChI=1S/C17H20ClFN2O2/c1-21-14-3-2-7-17(14,8-6-15(21)22)10-20-16(23)12-9-11(18)4-5-13(12)19/h4-5,9,14H,2-3,6-8,10H2,1H3,(H,20,23). The summed E-state index contributed by atoms with van der Waals surface area (Å²) in [4.78, 5) is 26.0. The molecular formula is C17H20ClFN2O2. The number of amides is 2. The normalized spacial score (nSPS) is 27.0. The Hall–Kier alpha value is -1.62. The van der Waals surface area contributed by atoms with Crippen LogP contribution in [0.25, 0.3) is 0 Å². The molecule has 0 spiro atoms. The molecule has 4 nitrogen and oxygen atoms in total. The maximum atomic E-state index is 13.8. The summed E-state index contributed by atoms with van der Waals surface area (Å²) in [5.41, 5.74) is -0.128. The summed E-state index contributed by atoms with van der Waals surface area (Å²) >= 11 is 5.84. The van der Waals surface area contributed by atoms with Crippen molar-refractivity contribution < 1.29 is 14.0 Å². The van der Waals surface area contributed by atoms with Gasteiger partial charge in [-0.05, 0) is 37.5 Å². The smallest absolute Gasteiger partial charge is 0.254 e. The molecule has 2 unspecified atom stereocenters. The molecule has 0 bridgehead atoms. The zero-order valence-corrected chi connectivity index (χ0v) is 13.8. The van der Waals surface area contributed by atoms with Gasteiger partial charge in [0.2, 0.25) is 5.91 Å². The van der Waals surface area contributed by atoms with Crippen LogP contribution in [0.3, 0.4) is 0 Å². The quantitative estimate of drug-likeness (QED) is 0.921. The topological polar surface area (TPSA) is 49.4 Å². The molecule has 3 rings (SSSR count). The van der Waals surface area contributed by atoms with Crippen molar-refractivity contribution in [2.75, 3.05) is 13.6 Å². The summed E-state index contributed by atoms with van der Waals surface area (Å²) < 4.78 is 13.8. The number of nitrogens with one attached hydrogen (secondary N) is 1. The van der Waals surface area contributed by atoms with Crippen LogP contribution in [0.5, 0.6) is 0 Å². The molecule has 1 aliphatic carbocycles. The maximum Gasteiger partial charge on any atom is 0.254 e. The fourth-order valence-corrected chi connectivity index (χ4v) is 4.21. The van der Waals surface area contributed by atoms with Crippen LogP contribution >= 0.6 is 11.6 Å². The third-order valence-electron chi connectivity index (χ3n) is 5.33. The Bertz CT molecular complexity index is 651. The lowest BCUT2D eigenvalue weighted by molar-refractivity contribution is -0.139. The first-order valence-electron chi connectivity index (χ1n) is 7.92. The molecule has 1 aromatic rings. The Morgan fingerprint density at radius 3 is 3.04 bits per heavy atom. The summed E-state index contributed by atoms with van der Waals surface area (Å²) in [6.07, 6.45) is 4.27. The zero-order valence-electron chi connectivity index (χ0n) is 13.1. The second-order valence-corrected chi connectivity index (χ2v) is 7.02. The van der Waals surface area contributed by atoms with Crippen molar-refractivity contribution in [1.29, 1.82) is 0 Å². The molecule has 2 fully saturated rings. The minimum Gasteiger partial charge on any atom is -0.351 e. The lowest BCUT2D eigenvalue weighted by Gasteiger charge is -2.44. The Morgan fingerprint density at radius 2 is 2.26 bits per heavy atom. The molecule has 1 aliphatic heterocycles. The molecule has 2 amide bonds. The second-order valence-electron chi connectivity index (χ2n) is 6.58. The molecule has 1 saturated carbocycles. The number of piperidine rings is 1. The van der Waals surface area contributed by atoms with Crippen molar-refractivity contribution in [1.82, 2.24) is 10.2 Å². The van der Waals surface area contributed by atoms with Crippen LogP contribution in [0.15, 0.2) is 18.2 Å². The van der Waals surface area contributed by atoms with Crippen LogP contribution < -0.4 is 5.32 Å². The molecule has 1 N–H and O–H groups in total. The van der Waals surface area contributed by atoms with E-state index in [1.54, 1.807) is 0 Å². The second kappa shape index (κ2) is 6.11. The lowest BCUT2D eigenvalue weighted by atomic mass is 9.74. The summed E-state index contributed by atoms with van der Waals surface area (Å²) in [6.45, 7) is 0.458. The van der Waals surface area contributed by atoms with E-state index in [2.05, 4.69) is 5.32 Å². The van der Waals surface area contributed by atoms with Gasteiger partial charge in [0, 0.05) is 36.5 Å². The summed E-state index contributed by atoms with van der Waals surface area (Å²) in [5, 5.41) is 3.19. The number of nitrogens with zero attached hydrogens (tertiary/aromatic N) is 1. The molecule has 1 aromatic carbocycles. The fourth-order valence-electron chi connectivity index (χ4n) is 4.04. The third kappa shape index (κ3) is 2.94. The van der Waals surface area contributed by atoms with Crippen LogP contribution in [0, 0.1) is 11.2 Å². The Kier molecular flexibility index (Phi) is 4.32. The van der Waals surface area contributed by atoms with Gasteiger partial charge in [0.15, 0.2) is 0 Å². The van der Waals surface area contributed by atoms with E-state index in [1.165, 1.54) is 18.2 Å². The van der Waals surface area contributed by atoms with Gasteiger partial charge in [-0.25, -0.2) is 4.39 Å². The number of rotatable bonds is 3. The van der Waals surface area contributed by atoms with Gasteiger partial charge in [-0.3, -0.25) is 9.59 Å². The molecular weight excluding hydrogens is 319 g/mol. The SMILES string of the molecule is CN1C(=O)CCC2(CNC(=O)c3cc(Cl)ccc3F)CCCC12. The van der Waals surface area contributed by atoms with Crippen molar-refractivity contribution in [3.8, 4) is 0 Å². The van der Waals surface area contributed by atoms with Crippen molar-refractivity contribution in [3.63, 3.8) is 0 Å². The van der Waals surface area contributed by atoms with E-state index < -0.39 is 11.7 Å². The van der Waals surface area contributed by atoms with Crippen LogP contribution in [-0.2, 0) is 4.79 Å². The van der Waals surface area contributed by atoms with Crippen LogP contribution in [0.4, 0.5) is 4.39 Å². The molecule has 6 heteroatoms. The van der Waals surface area contributed by atoms with Crippen molar-refractivity contribution in [2.24, 2.45) is 5.41 Å². The van der Waals surface area contributed by atoms with Crippen LogP contribution in [-0.4, -0.2) is 36.3 Å². The van der Waals surface area contributed by atoms with E-state index in [9.17, 15) is 14.0 Å². The molecule has 1 heterocycles. The van der Waals surface area contributed by atoms with E-state index in [0.29, 0.717) is 18.0 Å². The van der Waals surface area contributed by atoms with Crippen LogP contribution in [0.1, 0.15) is 42.5 Å². The van der Waals surface area contributed by atoms with E-state index in [0.717, 1.165) is 25.7 Å². The van der Waals surface area contributed by atoms with Gasteiger partial charge in [-0.2, -0.15) is 0 Å². The number of halogens is 2. The number of hydrogen-bond donors (Lipinski definition) is 1. The van der Waals surface area contributed by atoms with Gasteiger partial charge in [-0.15, -0.1) is 0 Å². The van der Waals surface area contributed by atoms with Gasteiger partial charge in [-0.1, -0.05) is 18.0 Å². The predicted octanol–water partition coefficient (Wildman–Crippen LogP) is 3.00. The van der Waals surface area contributed by atoms with Crippen molar-refractivity contribution in [2.45, 2.75) is 38.1 Å². The number of hydrogen-bond acceptors (Lipinski definition) is 2. The highest BCUT2D eigenvalue weighted by molar-refractivity contribution is 6.31. The molecule has 2 atom stereocenters. The number of fused-ring (bicyclic) bond motifs is 1. The van der Waals surface area contributed by atoms with Crippen molar-refractivity contribution >= 4 is 23.4 Å².